The average Bonchev–Trinajstić information content (AvgIpc) is 2.88. The second-order valence-corrected chi connectivity index (χ2v) is 9.41. The van der Waals surface area contributed by atoms with Crippen molar-refractivity contribution in [3.8, 4) is 5.75 Å². The number of rotatable bonds is 6. The van der Waals surface area contributed by atoms with Gasteiger partial charge in [-0.2, -0.15) is 26.3 Å². The van der Waals surface area contributed by atoms with Gasteiger partial charge in [0.1, 0.15) is 5.75 Å². The summed E-state index contributed by atoms with van der Waals surface area (Å²) < 4.78 is 86.4. The van der Waals surface area contributed by atoms with Crippen molar-refractivity contribution in [1.82, 2.24) is 4.90 Å². The normalized spacial score (nSPS) is 16.9. The van der Waals surface area contributed by atoms with Crippen LogP contribution in [0.15, 0.2) is 72.8 Å². The summed E-state index contributed by atoms with van der Waals surface area (Å²) in [6.07, 6.45) is -9.79. The highest BCUT2D eigenvalue weighted by Crippen LogP contribution is 2.39. The molecule has 3 nitrogen and oxygen atoms in total. The maximum absolute atomic E-state index is 13.5. The second kappa shape index (κ2) is 10.3. The van der Waals surface area contributed by atoms with Gasteiger partial charge in [-0.05, 0) is 54.8 Å². The molecule has 37 heavy (non-hydrogen) atoms. The van der Waals surface area contributed by atoms with E-state index in [4.69, 9.17) is 4.74 Å². The molecule has 4 rings (SSSR count). The summed E-state index contributed by atoms with van der Waals surface area (Å²) in [6, 6.07) is 18.7. The molecule has 0 radical (unpaired) electrons. The summed E-state index contributed by atoms with van der Waals surface area (Å²) in [5, 5.41) is 0. The molecule has 1 heterocycles. The average molecular weight is 523 g/mol. The number of methoxy groups -OCH3 is 1. The molecule has 1 unspecified atom stereocenters. The van der Waals surface area contributed by atoms with Gasteiger partial charge in [-0.15, -0.1) is 0 Å². The summed E-state index contributed by atoms with van der Waals surface area (Å²) in [6.45, 7) is 4.33. The number of anilines is 1. The first-order valence-electron chi connectivity index (χ1n) is 11.9. The number of hydrogen-bond donors (Lipinski definition) is 0. The zero-order valence-corrected chi connectivity index (χ0v) is 20.5. The Morgan fingerprint density at radius 1 is 0.703 bits per heavy atom. The van der Waals surface area contributed by atoms with Gasteiger partial charge >= 0.3 is 12.4 Å². The minimum atomic E-state index is -4.89. The number of benzene rings is 3. The summed E-state index contributed by atoms with van der Waals surface area (Å²) >= 11 is 0. The molecule has 3 aromatic rings. The molecule has 0 spiro atoms. The first-order chi connectivity index (χ1) is 17.4. The van der Waals surface area contributed by atoms with Crippen molar-refractivity contribution >= 4 is 5.69 Å². The summed E-state index contributed by atoms with van der Waals surface area (Å²) in [7, 11) is 1.60. The first-order valence-corrected chi connectivity index (χ1v) is 11.9. The van der Waals surface area contributed by atoms with E-state index in [1.165, 1.54) is 0 Å². The SMILES string of the molecule is COc1cccc(N2CCN(C(C)(Cc3cc(C(F)(F)F)cc(C(F)(F)F)c3)c3ccccc3)CC2)c1. The van der Waals surface area contributed by atoms with Crippen LogP contribution in [0.5, 0.6) is 5.75 Å². The van der Waals surface area contributed by atoms with E-state index in [1.807, 2.05) is 61.5 Å². The largest absolute Gasteiger partial charge is 0.497 e. The predicted molar refractivity (Wildman–Crippen MR) is 131 cm³/mol. The van der Waals surface area contributed by atoms with Gasteiger partial charge in [0.05, 0.1) is 18.2 Å². The van der Waals surface area contributed by atoms with Crippen LogP contribution in [0, 0.1) is 0 Å². The number of hydrogen-bond acceptors (Lipinski definition) is 3. The van der Waals surface area contributed by atoms with E-state index in [2.05, 4.69) is 9.80 Å². The van der Waals surface area contributed by atoms with Crippen molar-refractivity contribution in [3.63, 3.8) is 0 Å². The Balaban J connectivity index is 1.66. The minimum absolute atomic E-state index is 0.0104. The Morgan fingerprint density at radius 3 is 1.84 bits per heavy atom. The van der Waals surface area contributed by atoms with E-state index >= 15 is 0 Å². The molecule has 1 aliphatic heterocycles. The molecule has 0 amide bonds. The quantitative estimate of drug-likeness (QED) is 0.324. The number of alkyl halides is 6. The number of halogens is 6. The third-order valence-corrected chi connectivity index (χ3v) is 6.99. The zero-order chi connectivity index (χ0) is 26.8. The van der Waals surface area contributed by atoms with E-state index in [9.17, 15) is 26.3 Å². The Labute approximate surface area is 212 Å². The number of piperazine rings is 1. The van der Waals surface area contributed by atoms with Crippen molar-refractivity contribution < 1.29 is 31.1 Å². The lowest BCUT2D eigenvalue weighted by atomic mass is 9.82. The highest BCUT2D eigenvalue weighted by atomic mass is 19.4. The molecule has 1 saturated heterocycles. The molecule has 1 aliphatic rings. The summed E-state index contributed by atoms with van der Waals surface area (Å²) in [5.74, 6) is 0.735. The van der Waals surface area contributed by atoms with E-state index in [1.54, 1.807) is 7.11 Å². The summed E-state index contributed by atoms with van der Waals surface area (Å²) in [4.78, 5) is 4.34. The fourth-order valence-corrected chi connectivity index (χ4v) is 4.98. The number of nitrogens with zero attached hydrogens (tertiary/aromatic N) is 2. The van der Waals surface area contributed by atoms with E-state index in [0.29, 0.717) is 26.2 Å². The van der Waals surface area contributed by atoms with Gasteiger partial charge in [-0.25, -0.2) is 0 Å². The van der Waals surface area contributed by atoms with Crippen LogP contribution in [-0.4, -0.2) is 38.2 Å². The molecule has 1 atom stereocenters. The van der Waals surface area contributed by atoms with Crippen molar-refractivity contribution in [1.29, 1.82) is 0 Å². The van der Waals surface area contributed by atoms with Crippen LogP contribution in [0.1, 0.15) is 29.2 Å². The third-order valence-electron chi connectivity index (χ3n) is 6.99. The Hall–Kier alpha value is -3.20. The van der Waals surface area contributed by atoms with Gasteiger partial charge < -0.3 is 9.64 Å². The second-order valence-electron chi connectivity index (χ2n) is 9.41. The molecule has 0 saturated carbocycles. The Bertz CT molecular complexity index is 1170. The molecule has 0 N–H and O–H groups in total. The highest BCUT2D eigenvalue weighted by Gasteiger charge is 2.40. The van der Waals surface area contributed by atoms with Crippen molar-refractivity contribution in [3.05, 3.63) is 95.1 Å². The van der Waals surface area contributed by atoms with Gasteiger partial charge in [0.25, 0.3) is 0 Å². The van der Waals surface area contributed by atoms with E-state index in [0.717, 1.165) is 29.1 Å². The smallest absolute Gasteiger partial charge is 0.416 e. The molecule has 0 bridgehead atoms. The fraction of sp³-hybridized carbons (Fsp3) is 0.357. The monoisotopic (exact) mass is 522 g/mol. The molecule has 198 valence electrons. The van der Waals surface area contributed by atoms with Gasteiger partial charge in [0.15, 0.2) is 0 Å². The molecular weight excluding hydrogens is 494 g/mol. The Morgan fingerprint density at radius 2 is 1.30 bits per heavy atom. The predicted octanol–water partition coefficient (Wildman–Crippen LogP) is 7.01. The molecule has 0 aromatic heterocycles. The molecule has 9 heteroatoms. The molecule has 1 fully saturated rings. The van der Waals surface area contributed by atoms with Gasteiger partial charge in [-0.3, -0.25) is 4.90 Å². The van der Waals surface area contributed by atoms with E-state index < -0.39 is 29.0 Å². The zero-order valence-electron chi connectivity index (χ0n) is 20.5. The van der Waals surface area contributed by atoms with Gasteiger partial charge in [0.2, 0.25) is 0 Å². The van der Waals surface area contributed by atoms with Crippen LogP contribution in [0.2, 0.25) is 0 Å². The first kappa shape index (κ1) is 26.9. The van der Waals surface area contributed by atoms with Crippen LogP contribution in [0.4, 0.5) is 32.0 Å². The van der Waals surface area contributed by atoms with Crippen molar-refractivity contribution in [2.45, 2.75) is 31.2 Å². The Kier molecular flexibility index (Phi) is 7.46. The van der Waals surface area contributed by atoms with Gasteiger partial charge in [-0.1, -0.05) is 36.4 Å². The maximum atomic E-state index is 13.5. The maximum Gasteiger partial charge on any atom is 0.416 e. The van der Waals surface area contributed by atoms with Crippen LogP contribution < -0.4 is 9.64 Å². The van der Waals surface area contributed by atoms with Crippen LogP contribution >= 0.6 is 0 Å². The standard InChI is InChI=1S/C28H28F6N2O/c1-26(21-7-4-3-5-8-21,19-20-15-22(27(29,30)31)17-23(16-20)28(32,33)34)36-13-11-35(12-14-36)24-9-6-10-25(18-24)37-2/h3-10,15-18H,11-14,19H2,1-2H3. The van der Waals surface area contributed by atoms with Crippen molar-refractivity contribution in [2.24, 2.45) is 0 Å². The van der Waals surface area contributed by atoms with Gasteiger partial charge in [0, 0.05) is 43.5 Å². The lowest BCUT2D eigenvalue weighted by molar-refractivity contribution is -0.143. The van der Waals surface area contributed by atoms with Crippen LogP contribution in [0.3, 0.4) is 0 Å². The highest BCUT2D eigenvalue weighted by molar-refractivity contribution is 5.51. The summed E-state index contributed by atoms with van der Waals surface area (Å²) in [5.41, 5.74) is -1.60. The molecule has 3 aromatic carbocycles. The minimum Gasteiger partial charge on any atom is -0.497 e. The fourth-order valence-electron chi connectivity index (χ4n) is 4.98. The lowest BCUT2D eigenvalue weighted by Gasteiger charge is -2.47. The van der Waals surface area contributed by atoms with E-state index in [-0.39, 0.29) is 18.1 Å². The lowest BCUT2D eigenvalue weighted by Crippen LogP contribution is -2.55. The van der Waals surface area contributed by atoms with Crippen molar-refractivity contribution in [2.75, 3.05) is 38.2 Å². The molecular formula is C28H28F6N2O. The number of ether oxygens (including phenoxy) is 1. The molecule has 0 aliphatic carbocycles. The van der Waals surface area contributed by atoms with Crippen LogP contribution in [-0.2, 0) is 24.3 Å². The van der Waals surface area contributed by atoms with Crippen LogP contribution in [0.25, 0.3) is 0 Å². The third kappa shape index (κ3) is 6.04. The topological polar surface area (TPSA) is 15.7 Å².